The minimum absolute atomic E-state index is 0.382. The fourth-order valence-electron chi connectivity index (χ4n) is 13.2. The molecule has 0 radical (unpaired) electrons. The summed E-state index contributed by atoms with van der Waals surface area (Å²) in [6.07, 6.45) is 0.797. The zero-order chi connectivity index (χ0) is 50.6. The molecule has 0 aromatic heterocycles. The first-order valence-corrected chi connectivity index (χ1v) is 25.6. The molecule has 0 fully saturated rings. The summed E-state index contributed by atoms with van der Waals surface area (Å²) in [4.78, 5) is 4.86. The molecule has 4 heteroatoms. The lowest BCUT2D eigenvalue weighted by atomic mass is 9.71. The van der Waals surface area contributed by atoms with Gasteiger partial charge in [0.2, 0.25) is 0 Å². The molecule has 0 N–H and O–H groups in total. The average Bonchev–Trinajstić information content (AvgIpc) is 3.61. The molecule has 4 nitrogen and oxygen atoms in total. The fraction of sp³-hybridized carbons (Fsp3) is 0.188. The van der Waals surface area contributed by atoms with Crippen LogP contribution in [0.4, 0.5) is 34.1 Å². The lowest BCUT2D eigenvalue weighted by Crippen LogP contribution is -2.35. The predicted octanol–water partition coefficient (Wildman–Crippen LogP) is 18.3. The number of anilines is 6. The minimum atomic E-state index is -0.476. The summed E-state index contributed by atoms with van der Waals surface area (Å²) in [6.45, 7) is 18.6. The molecule has 0 saturated heterocycles. The highest BCUT2D eigenvalue weighted by Gasteiger charge is 2.51. The van der Waals surface area contributed by atoms with Crippen molar-refractivity contribution in [1.29, 1.82) is 10.5 Å². The molecule has 3 aliphatic rings. The van der Waals surface area contributed by atoms with E-state index in [0.717, 1.165) is 107 Å². The Kier molecular flexibility index (Phi) is 10.4. The Balaban J connectivity index is 1.25. The normalized spacial score (nSPS) is 16.0. The van der Waals surface area contributed by atoms with Crippen molar-refractivity contribution in [1.82, 2.24) is 0 Å². The van der Waals surface area contributed by atoms with Crippen LogP contribution >= 0.6 is 0 Å². The third-order valence-electron chi connectivity index (χ3n) is 16.4. The van der Waals surface area contributed by atoms with E-state index in [1.807, 2.05) is 0 Å². The van der Waals surface area contributed by atoms with Crippen molar-refractivity contribution < 1.29 is 0 Å². The van der Waals surface area contributed by atoms with Gasteiger partial charge in [-0.05, 0) is 144 Å². The van der Waals surface area contributed by atoms with Gasteiger partial charge in [-0.3, -0.25) is 0 Å². The van der Waals surface area contributed by atoms with Crippen molar-refractivity contribution in [3.8, 4) is 56.6 Å². The van der Waals surface area contributed by atoms with Crippen molar-refractivity contribution in [3.05, 3.63) is 239 Å². The Morgan fingerprint density at radius 1 is 0.329 bits per heavy atom. The van der Waals surface area contributed by atoms with E-state index in [9.17, 15) is 10.5 Å². The second kappa shape index (κ2) is 16.6. The SMILES string of the molecule is CC1(C)CC(C)(C)c2c(N3c4ccc(-c5ccccc5)cc4C(C)(C)c4cc(-c5ccccc5)ccc43)c(N3c4ccc(-c5ccccc5)cc4C(C)(C)c4cc(-c5ccccc5)ccc43)c(C#N)c(C#N)c21. The first-order chi connectivity index (χ1) is 35.1. The topological polar surface area (TPSA) is 54.1 Å². The van der Waals surface area contributed by atoms with E-state index in [2.05, 4.69) is 271 Å². The van der Waals surface area contributed by atoms with E-state index in [-0.39, 0.29) is 0 Å². The van der Waals surface area contributed by atoms with Crippen LogP contribution in [0.5, 0.6) is 0 Å². The molecular formula is C69H58N4. The van der Waals surface area contributed by atoms with Crippen molar-refractivity contribution in [2.75, 3.05) is 9.80 Å². The van der Waals surface area contributed by atoms with E-state index >= 15 is 0 Å². The van der Waals surface area contributed by atoms with Crippen molar-refractivity contribution in [2.45, 2.75) is 83.5 Å². The van der Waals surface area contributed by atoms with Crippen LogP contribution in [0.2, 0.25) is 0 Å². The van der Waals surface area contributed by atoms with E-state index in [0.29, 0.717) is 11.1 Å². The molecule has 0 atom stereocenters. The standard InChI is InChI=1S/C69H58N4/c1-66(2)43-67(3,4)63-62(66)52(41-70)53(42-71)64(72-58-33-29-48(44-21-13-9-14-22-44)37-54(58)68(5,6)55-38-49(30-34-59(55)72)45-23-15-10-16-24-45)65(63)73-60-35-31-50(46-25-17-11-18-26-46)39-56(60)69(7,8)57-40-51(32-36-61(57)73)47-27-19-12-20-28-47/h9-40H,43H2,1-8H3. The van der Waals surface area contributed by atoms with Gasteiger partial charge in [-0.2, -0.15) is 10.5 Å². The van der Waals surface area contributed by atoms with E-state index < -0.39 is 21.7 Å². The third kappa shape index (κ3) is 7.00. The molecule has 354 valence electrons. The number of nitriles is 2. The lowest BCUT2D eigenvalue weighted by Gasteiger charge is -2.47. The van der Waals surface area contributed by atoms with Gasteiger partial charge in [0.25, 0.3) is 0 Å². The fourth-order valence-corrected chi connectivity index (χ4v) is 13.2. The quantitative estimate of drug-likeness (QED) is 0.167. The Labute approximate surface area is 431 Å². The first-order valence-electron chi connectivity index (χ1n) is 25.6. The van der Waals surface area contributed by atoms with Gasteiger partial charge in [0, 0.05) is 10.8 Å². The number of benzene rings is 9. The van der Waals surface area contributed by atoms with Gasteiger partial charge < -0.3 is 9.80 Å². The van der Waals surface area contributed by atoms with E-state index in [1.165, 1.54) is 11.1 Å². The van der Waals surface area contributed by atoms with E-state index in [1.54, 1.807) is 0 Å². The summed E-state index contributed by atoms with van der Waals surface area (Å²) in [6, 6.07) is 75.6. The number of nitrogens with zero attached hydrogens (tertiary/aromatic N) is 4. The van der Waals surface area contributed by atoms with Crippen molar-refractivity contribution in [3.63, 3.8) is 0 Å². The van der Waals surface area contributed by atoms with Crippen LogP contribution in [-0.4, -0.2) is 0 Å². The van der Waals surface area contributed by atoms with Crippen molar-refractivity contribution >= 4 is 34.1 Å². The van der Waals surface area contributed by atoms with Gasteiger partial charge >= 0.3 is 0 Å². The molecule has 73 heavy (non-hydrogen) atoms. The zero-order valence-electron chi connectivity index (χ0n) is 43.0. The summed E-state index contributed by atoms with van der Waals surface area (Å²) in [5.74, 6) is 0. The summed E-state index contributed by atoms with van der Waals surface area (Å²) in [7, 11) is 0. The molecule has 1 aliphatic carbocycles. The molecule has 0 spiro atoms. The van der Waals surface area contributed by atoms with Crippen molar-refractivity contribution in [2.24, 2.45) is 0 Å². The minimum Gasteiger partial charge on any atom is -0.307 e. The maximum absolute atomic E-state index is 12.1. The molecule has 2 heterocycles. The molecule has 0 bridgehead atoms. The highest BCUT2D eigenvalue weighted by atomic mass is 15.2. The summed E-state index contributed by atoms with van der Waals surface area (Å²) < 4.78 is 0. The molecule has 9 aromatic carbocycles. The Bertz CT molecular complexity index is 3590. The van der Waals surface area contributed by atoms with Crippen LogP contribution in [0, 0.1) is 22.7 Å². The van der Waals surface area contributed by atoms with Crippen LogP contribution in [0.15, 0.2) is 194 Å². The molecular weight excluding hydrogens is 885 g/mol. The second-order valence-electron chi connectivity index (χ2n) is 22.7. The third-order valence-corrected chi connectivity index (χ3v) is 16.4. The van der Waals surface area contributed by atoms with Crippen LogP contribution < -0.4 is 9.80 Å². The summed E-state index contributed by atoms with van der Waals surface area (Å²) >= 11 is 0. The Morgan fingerprint density at radius 3 is 0.918 bits per heavy atom. The smallest absolute Gasteiger partial charge is 0.103 e. The largest absolute Gasteiger partial charge is 0.307 e. The van der Waals surface area contributed by atoms with Crippen LogP contribution in [0.1, 0.15) is 106 Å². The average molecular weight is 943 g/mol. The van der Waals surface area contributed by atoms with Gasteiger partial charge in [0.05, 0.1) is 45.3 Å². The number of hydrogen-bond donors (Lipinski definition) is 0. The molecule has 9 aromatic rings. The van der Waals surface area contributed by atoms with Crippen LogP contribution in [-0.2, 0) is 21.7 Å². The highest BCUT2D eigenvalue weighted by Crippen LogP contribution is 2.65. The van der Waals surface area contributed by atoms with Gasteiger partial charge in [-0.1, -0.05) is 201 Å². The number of hydrogen-bond acceptors (Lipinski definition) is 4. The Morgan fingerprint density at radius 2 is 0.616 bits per heavy atom. The Hall–Kier alpha value is -8.44. The monoisotopic (exact) mass is 942 g/mol. The second-order valence-corrected chi connectivity index (χ2v) is 22.7. The molecule has 0 unspecified atom stereocenters. The zero-order valence-corrected chi connectivity index (χ0v) is 43.0. The molecule has 0 amide bonds. The van der Waals surface area contributed by atoms with Gasteiger partial charge in [-0.25, -0.2) is 0 Å². The highest BCUT2D eigenvalue weighted by molar-refractivity contribution is 6.03. The van der Waals surface area contributed by atoms with Gasteiger partial charge in [0.1, 0.15) is 12.1 Å². The molecule has 12 rings (SSSR count). The number of fused-ring (bicyclic) bond motifs is 5. The lowest BCUT2D eigenvalue weighted by molar-refractivity contribution is 0.403. The number of rotatable bonds is 6. The van der Waals surface area contributed by atoms with Crippen LogP contribution in [0.3, 0.4) is 0 Å². The van der Waals surface area contributed by atoms with E-state index in [4.69, 9.17) is 0 Å². The summed E-state index contributed by atoms with van der Waals surface area (Å²) in [5, 5.41) is 23.7. The van der Waals surface area contributed by atoms with Crippen LogP contribution in [0.25, 0.3) is 44.5 Å². The van der Waals surface area contributed by atoms with Gasteiger partial charge in [-0.15, -0.1) is 0 Å². The maximum Gasteiger partial charge on any atom is 0.103 e. The summed E-state index contributed by atoms with van der Waals surface area (Å²) in [5.41, 5.74) is 20.6. The van der Waals surface area contributed by atoms with Gasteiger partial charge in [0.15, 0.2) is 0 Å². The predicted molar refractivity (Wildman–Crippen MR) is 302 cm³/mol. The maximum atomic E-state index is 12.1. The first kappa shape index (κ1) is 45.7. The molecule has 0 saturated carbocycles. The molecule has 2 aliphatic heterocycles.